The highest BCUT2D eigenvalue weighted by atomic mass is 35.5. The van der Waals surface area contributed by atoms with Crippen LogP contribution < -0.4 is 11.1 Å². The lowest BCUT2D eigenvalue weighted by Gasteiger charge is -2.13. The van der Waals surface area contributed by atoms with Gasteiger partial charge in [-0.1, -0.05) is 23.2 Å². The highest BCUT2D eigenvalue weighted by molar-refractivity contribution is 7.89. The molecule has 1 aromatic rings. The van der Waals surface area contributed by atoms with E-state index in [1.807, 2.05) is 0 Å². The molecule has 5 nitrogen and oxygen atoms in total. The monoisotopic (exact) mass is 311 g/mol. The first-order valence-corrected chi connectivity index (χ1v) is 7.49. The number of nitrogen functional groups attached to an aromatic ring is 1. The lowest BCUT2D eigenvalue weighted by atomic mass is 10.2. The first-order chi connectivity index (χ1) is 8.24. The molecule has 0 heterocycles. The van der Waals surface area contributed by atoms with E-state index in [9.17, 15) is 8.42 Å². The third-order valence-electron chi connectivity index (χ3n) is 2.32. The van der Waals surface area contributed by atoms with Crippen LogP contribution in [0, 0.1) is 0 Å². The largest absolute Gasteiger partial charge is 0.397 e. The summed E-state index contributed by atoms with van der Waals surface area (Å²) in [4.78, 5) is 0. The molecule has 0 aliphatic carbocycles. The summed E-state index contributed by atoms with van der Waals surface area (Å²) < 4.78 is 24.2. The smallest absolute Gasteiger partial charge is 0.215 e. The Bertz CT molecular complexity index is 532. The average Bonchev–Trinajstić information content (AvgIpc) is 2.25. The van der Waals surface area contributed by atoms with E-state index in [0.29, 0.717) is 21.4 Å². The summed E-state index contributed by atoms with van der Waals surface area (Å²) in [5.41, 5.74) is 6.73. The number of halogens is 2. The van der Waals surface area contributed by atoms with Crippen LogP contribution in [0.5, 0.6) is 0 Å². The zero-order chi connectivity index (χ0) is 13.9. The van der Waals surface area contributed by atoms with E-state index >= 15 is 0 Å². The summed E-state index contributed by atoms with van der Waals surface area (Å²) in [5, 5.41) is 3.64. The van der Waals surface area contributed by atoms with Gasteiger partial charge in [-0.25, -0.2) is 12.7 Å². The molecule has 18 heavy (non-hydrogen) atoms. The first-order valence-electron chi connectivity index (χ1n) is 5.12. The van der Waals surface area contributed by atoms with Crippen molar-refractivity contribution in [2.24, 2.45) is 0 Å². The summed E-state index contributed by atoms with van der Waals surface area (Å²) in [6.45, 7) is 0.239. The van der Waals surface area contributed by atoms with Crippen molar-refractivity contribution in [3.05, 3.63) is 22.2 Å². The minimum atomic E-state index is -3.23. The highest BCUT2D eigenvalue weighted by Gasteiger charge is 2.13. The van der Waals surface area contributed by atoms with Crippen LogP contribution in [0.3, 0.4) is 0 Å². The van der Waals surface area contributed by atoms with Gasteiger partial charge in [0, 0.05) is 20.6 Å². The topological polar surface area (TPSA) is 75.4 Å². The molecule has 0 aromatic heterocycles. The first kappa shape index (κ1) is 15.4. The zero-order valence-electron chi connectivity index (χ0n) is 10.1. The number of nitrogens with one attached hydrogen (secondary N) is 1. The number of benzene rings is 1. The Morgan fingerprint density at radius 1 is 1.28 bits per heavy atom. The molecule has 0 amide bonds. The molecule has 8 heteroatoms. The Morgan fingerprint density at radius 2 is 1.83 bits per heavy atom. The van der Waals surface area contributed by atoms with Crippen molar-refractivity contribution in [3.8, 4) is 0 Å². The third-order valence-corrected chi connectivity index (χ3v) is 4.88. The normalized spacial score (nSPS) is 11.8. The van der Waals surface area contributed by atoms with Gasteiger partial charge in [0.25, 0.3) is 0 Å². The van der Waals surface area contributed by atoms with Crippen molar-refractivity contribution < 1.29 is 8.42 Å². The van der Waals surface area contributed by atoms with Gasteiger partial charge < -0.3 is 11.1 Å². The van der Waals surface area contributed by atoms with Crippen LogP contribution in [0.4, 0.5) is 11.4 Å². The summed E-state index contributed by atoms with van der Waals surface area (Å²) in [6.07, 6.45) is 0. The van der Waals surface area contributed by atoms with Gasteiger partial charge in [0.05, 0.1) is 27.2 Å². The highest BCUT2D eigenvalue weighted by Crippen LogP contribution is 2.30. The van der Waals surface area contributed by atoms with Gasteiger partial charge in [0.1, 0.15) is 0 Å². The quantitative estimate of drug-likeness (QED) is 0.814. The molecule has 0 bridgehead atoms. The second kappa shape index (κ2) is 5.97. The molecular weight excluding hydrogens is 297 g/mol. The molecular formula is C10H15Cl2N3O2S. The summed E-state index contributed by atoms with van der Waals surface area (Å²) in [5.74, 6) is -0.0281. The Labute approximate surface area is 117 Å². The predicted octanol–water partition coefficient (Wildman–Crippen LogP) is 1.88. The zero-order valence-corrected chi connectivity index (χ0v) is 12.4. The van der Waals surface area contributed by atoms with Gasteiger partial charge in [0.15, 0.2) is 0 Å². The molecule has 1 aromatic carbocycles. The van der Waals surface area contributed by atoms with Crippen molar-refractivity contribution in [1.82, 2.24) is 4.31 Å². The SMILES string of the molecule is CN(C)S(=O)(=O)CCNc1cc(Cl)c(Cl)cc1N. The fourth-order valence-corrected chi connectivity index (χ4v) is 2.27. The standard InChI is InChI=1S/C10H15Cl2N3O2S/c1-15(2)18(16,17)4-3-14-10-6-8(12)7(11)5-9(10)13/h5-6,14H,3-4,13H2,1-2H3. The van der Waals surface area contributed by atoms with Crippen molar-refractivity contribution >= 4 is 44.6 Å². The van der Waals surface area contributed by atoms with Gasteiger partial charge in [-0.3, -0.25) is 0 Å². The molecule has 0 fully saturated rings. The molecule has 0 saturated heterocycles. The van der Waals surface area contributed by atoms with Crippen molar-refractivity contribution in [3.63, 3.8) is 0 Å². The van der Waals surface area contributed by atoms with Crippen LogP contribution in [-0.2, 0) is 10.0 Å². The van der Waals surface area contributed by atoms with Crippen LogP contribution in [0.15, 0.2) is 12.1 Å². The molecule has 0 atom stereocenters. The van der Waals surface area contributed by atoms with Crippen LogP contribution in [0.25, 0.3) is 0 Å². The van der Waals surface area contributed by atoms with Gasteiger partial charge in [-0.15, -0.1) is 0 Å². The summed E-state index contributed by atoms with van der Waals surface area (Å²) >= 11 is 11.6. The second-order valence-electron chi connectivity index (χ2n) is 3.88. The predicted molar refractivity (Wildman–Crippen MR) is 76.8 cm³/mol. The van der Waals surface area contributed by atoms with Crippen molar-refractivity contribution in [1.29, 1.82) is 0 Å². The van der Waals surface area contributed by atoms with E-state index in [1.54, 1.807) is 6.07 Å². The fourth-order valence-electron chi connectivity index (χ4n) is 1.21. The van der Waals surface area contributed by atoms with Crippen LogP contribution in [0.2, 0.25) is 10.0 Å². The third kappa shape index (κ3) is 3.91. The lowest BCUT2D eigenvalue weighted by Crippen LogP contribution is -2.28. The van der Waals surface area contributed by atoms with E-state index in [4.69, 9.17) is 28.9 Å². The maximum absolute atomic E-state index is 11.5. The molecule has 0 aliphatic rings. The van der Waals surface area contributed by atoms with Crippen molar-refractivity contribution in [2.45, 2.75) is 0 Å². The number of sulfonamides is 1. The van der Waals surface area contributed by atoms with E-state index in [2.05, 4.69) is 5.32 Å². The Hall–Kier alpha value is -0.690. The van der Waals surface area contributed by atoms with Crippen molar-refractivity contribution in [2.75, 3.05) is 37.4 Å². The maximum Gasteiger partial charge on any atom is 0.215 e. The molecule has 1 rings (SSSR count). The van der Waals surface area contributed by atoms with Gasteiger partial charge >= 0.3 is 0 Å². The number of rotatable bonds is 5. The van der Waals surface area contributed by atoms with E-state index < -0.39 is 10.0 Å². The molecule has 0 radical (unpaired) electrons. The fraction of sp³-hybridized carbons (Fsp3) is 0.400. The number of hydrogen-bond acceptors (Lipinski definition) is 4. The number of hydrogen-bond donors (Lipinski definition) is 2. The molecule has 0 unspecified atom stereocenters. The van der Waals surface area contributed by atoms with Gasteiger partial charge in [-0.05, 0) is 12.1 Å². The molecule has 3 N–H and O–H groups in total. The minimum absolute atomic E-state index is 0.0281. The number of nitrogens with zero attached hydrogens (tertiary/aromatic N) is 1. The van der Waals surface area contributed by atoms with Crippen LogP contribution in [-0.4, -0.2) is 39.1 Å². The minimum Gasteiger partial charge on any atom is -0.397 e. The summed E-state index contributed by atoms with van der Waals surface area (Å²) in [6, 6.07) is 3.09. The summed E-state index contributed by atoms with van der Waals surface area (Å²) in [7, 11) is -0.251. The van der Waals surface area contributed by atoms with E-state index in [1.165, 1.54) is 24.5 Å². The Morgan fingerprint density at radius 3 is 2.39 bits per heavy atom. The van der Waals surface area contributed by atoms with Crippen LogP contribution >= 0.6 is 23.2 Å². The molecule has 0 spiro atoms. The van der Waals surface area contributed by atoms with Crippen LogP contribution in [0.1, 0.15) is 0 Å². The Kier molecular flexibility index (Phi) is 5.10. The van der Waals surface area contributed by atoms with Gasteiger partial charge in [0.2, 0.25) is 10.0 Å². The van der Waals surface area contributed by atoms with E-state index in [0.717, 1.165) is 0 Å². The average molecular weight is 312 g/mol. The van der Waals surface area contributed by atoms with E-state index in [-0.39, 0.29) is 12.3 Å². The number of nitrogens with two attached hydrogens (primary N) is 1. The second-order valence-corrected chi connectivity index (χ2v) is 7.00. The maximum atomic E-state index is 11.5. The Balaban J connectivity index is 2.68. The van der Waals surface area contributed by atoms with Gasteiger partial charge in [-0.2, -0.15) is 0 Å². The molecule has 102 valence electrons. The number of anilines is 2. The lowest BCUT2D eigenvalue weighted by molar-refractivity contribution is 0.521. The molecule has 0 saturated carbocycles. The molecule has 0 aliphatic heterocycles.